The predicted octanol–water partition coefficient (Wildman–Crippen LogP) is 0.707. The van der Waals surface area contributed by atoms with Crippen LogP contribution in [0.15, 0.2) is 18.5 Å². The molecule has 2 heterocycles. The third-order valence-corrected chi connectivity index (χ3v) is 2.83. The maximum atomic E-state index is 11.1. The van der Waals surface area contributed by atoms with Gasteiger partial charge in [0.1, 0.15) is 0 Å². The Morgan fingerprint density at radius 2 is 2.44 bits per heavy atom. The average Bonchev–Trinajstić information content (AvgIpc) is 2.29. The van der Waals surface area contributed by atoms with Crippen molar-refractivity contribution in [1.82, 2.24) is 4.98 Å². The predicted molar refractivity (Wildman–Crippen MR) is 60.6 cm³/mol. The number of rotatable bonds is 2. The quantitative estimate of drug-likeness (QED) is 0.768. The first kappa shape index (κ1) is 10.9. The molecule has 2 rings (SSSR count). The second kappa shape index (κ2) is 4.49. The summed E-state index contributed by atoms with van der Waals surface area (Å²) >= 11 is 0. The van der Waals surface area contributed by atoms with Gasteiger partial charge in [-0.1, -0.05) is 0 Å². The van der Waals surface area contributed by atoms with Gasteiger partial charge in [0.15, 0.2) is 0 Å². The van der Waals surface area contributed by atoms with E-state index in [4.69, 9.17) is 10.8 Å². The van der Waals surface area contributed by atoms with Crippen LogP contribution in [0.5, 0.6) is 0 Å². The number of carbonyl (C=O) groups is 1. The van der Waals surface area contributed by atoms with Crippen LogP contribution in [-0.4, -0.2) is 35.2 Å². The van der Waals surface area contributed by atoms with Gasteiger partial charge in [-0.05, 0) is 18.9 Å². The molecule has 1 unspecified atom stereocenters. The third kappa shape index (κ3) is 2.14. The lowest BCUT2D eigenvalue weighted by Gasteiger charge is -2.33. The van der Waals surface area contributed by atoms with E-state index in [9.17, 15) is 4.79 Å². The van der Waals surface area contributed by atoms with Crippen molar-refractivity contribution in [3.05, 3.63) is 24.0 Å². The Morgan fingerprint density at radius 3 is 3.12 bits per heavy atom. The third-order valence-electron chi connectivity index (χ3n) is 2.83. The molecule has 86 valence electrons. The number of aromatic carboxylic acids is 1. The molecule has 5 heteroatoms. The number of aromatic nitrogens is 1. The van der Waals surface area contributed by atoms with E-state index in [0.717, 1.165) is 19.4 Å². The molecular formula is C11H15N3O2. The Hall–Kier alpha value is -1.62. The van der Waals surface area contributed by atoms with Crippen LogP contribution in [0.4, 0.5) is 5.69 Å². The highest BCUT2D eigenvalue weighted by Crippen LogP contribution is 2.22. The number of nitrogens with zero attached hydrogens (tertiary/aromatic N) is 2. The summed E-state index contributed by atoms with van der Waals surface area (Å²) in [6.45, 7) is 1.55. The van der Waals surface area contributed by atoms with Crippen LogP contribution in [-0.2, 0) is 0 Å². The maximum Gasteiger partial charge on any atom is 0.337 e. The lowest BCUT2D eigenvalue weighted by molar-refractivity contribution is 0.0697. The first-order valence-electron chi connectivity index (χ1n) is 5.36. The summed E-state index contributed by atoms with van der Waals surface area (Å²) < 4.78 is 0. The van der Waals surface area contributed by atoms with Crippen LogP contribution < -0.4 is 10.6 Å². The maximum absolute atomic E-state index is 11.1. The van der Waals surface area contributed by atoms with Gasteiger partial charge in [-0.3, -0.25) is 4.98 Å². The molecule has 5 nitrogen and oxygen atoms in total. The largest absolute Gasteiger partial charge is 0.478 e. The van der Waals surface area contributed by atoms with Crippen molar-refractivity contribution in [3.8, 4) is 0 Å². The number of carboxylic acids is 1. The monoisotopic (exact) mass is 221 g/mol. The van der Waals surface area contributed by atoms with Gasteiger partial charge in [-0.2, -0.15) is 0 Å². The summed E-state index contributed by atoms with van der Waals surface area (Å²) in [6, 6.07) is 1.65. The van der Waals surface area contributed by atoms with E-state index in [1.54, 1.807) is 6.20 Å². The van der Waals surface area contributed by atoms with Crippen molar-refractivity contribution >= 4 is 11.7 Å². The summed E-state index contributed by atoms with van der Waals surface area (Å²) in [5.74, 6) is -0.920. The molecule has 0 spiro atoms. The Balaban J connectivity index is 2.28. The second-order valence-corrected chi connectivity index (χ2v) is 4.05. The zero-order chi connectivity index (χ0) is 11.5. The van der Waals surface area contributed by atoms with Crippen molar-refractivity contribution in [2.45, 2.75) is 18.9 Å². The number of carboxylic acid groups (broad SMARTS) is 1. The summed E-state index contributed by atoms with van der Waals surface area (Å²) in [5, 5.41) is 9.08. The van der Waals surface area contributed by atoms with Gasteiger partial charge in [0.25, 0.3) is 0 Å². The lowest BCUT2D eigenvalue weighted by Crippen LogP contribution is -2.43. The lowest BCUT2D eigenvalue weighted by atomic mass is 10.1. The van der Waals surface area contributed by atoms with Crippen molar-refractivity contribution < 1.29 is 9.90 Å². The van der Waals surface area contributed by atoms with E-state index >= 15 is 0 Å². The summed E-state index contributed by atoms with van der Waals surface area (Å²) in [7, 11) is 0. The smallest absolute Gasteiger partial charge is 0.337 e. The molecule has 1 aliphatic rings. The van der Waals surface area contributed by atoms with Crippen LogP contribution in [0.3, 0.4) is 0 Å². The Morgan fingerprint density at radius 1 is 1.62 bits per heavy atom. The zero-order valence-electron chi connectivity index (χ0n) is 8.97. The molecule has 1 saturated heterocycles. The minimum atomic E-state index is -0.920. The van der Waals surface area contributed by atoms with Crippen molar-refractivity contribution in [2.24, 2.45) is 5.73 Å². The molecule has 1 aliphatic heterocycles. The van der Waals surface area contributed by atoms with Gasteiger partial charge < -0.3 is 15.7 Å². The van der Waals surface area contributed by atoms with Gasteiger partial charge >= 0.3 is 5.97 Å². The average molecular weight is 221 g/mol. The minimum absolute atomic E-state index is 0.121. The number of hydrogen-bond acceptors (Lipinski definition) is 4. The van der Waals surface area contributed by atoms with Gasteiger partial charge in [-0.15, -0.1) is 0 Å². The standard InChI is InChI=1S/C11H15N3O2/c12-8-2-1-5-14(7-8)10-6-13-4-3-9(10)11(15)16/h3-4,6,8H,1-2,5,7,12H2,(H,15,16). The summed E-state index contributed by atoms with van der Waals surface area (Å²) in [6.07, 6.45) is 5.09. The zero-order valence-corrected chi connectivity index (χ0v) is 8.97. The fourth-order valence-corrected chi connectivity index (χ4v) is 2.05. The highest BCUT2D eigenvalue weighted by molar-refractivity contribution is 5.94. The first-order chi connectivity index (χ1) is 7.68. The van der Waals surface area contributed by atoms with Gasteiger partial charge in [0, 0.05) is 25.3 Å². The van der Waals surface area contributed by atoms with Gasteiger partial charge in [0.2, 0.25) is 0 Å². The molecular weight excluding hydrogens is 206 g/mol. The molecule has 0 aliphatic carbocycles. The van der Waals surface area contributed by atoms with E-state index in [2.05, 4.69) is 4.98 Å². The van der Waals surface area contributed by atoms with Crippen LogP contribution in [0.1, 0.15) is 23.2 Å². The van der Waals surface area contributed by atoms with Gasteiger partial charge in [0.05, 0.1) is 17.4 Å². The van der Waals surface area contributed by atoms with Crippen molar-refractivity contribution in [3.63, 3.8) is 0 Å². The number of nitrogens with two attached hydrogens (primary N) is 1. The highest BCUT2D eigenvalue weighted by atomic mass is 16.4. The number of anilines is 1. The van der Waals surface area contributed by atoms with Crippen molar-refractivity contribution in [1.29, 1.82) is 0 Å². The number of hydrogen-bond donors (Lipinski definition) is 2. The van der Waals surface area contributed by atoms with Crippen LogP contribution in [0.2, 0.25) is 0 Å². The number of pyridine rings is 1. The van der Waals surface area contributed by atoms with E-state index in [0.29, 0.717) is 17.8 Å². The fourth-order valence-electron chi connectivity index (χ4n) is 2.05. The molecule has 0 radical (unpaired) electrons. The molecule has 16 heavy (non-hydrogen) atoms. The van der Waals surface area contributed by atoms with E-state index in [1.165, 1.54) is 12.3 Å². The van der Waals surface area contributed by atoms with E-state index in [-0.39, 0.29) is 6.04 Å². The van der Waals surface area contributed by atoms with Crippen LogP contribution in [0.25, 0.3) is 0 Å². The second-order valence-electron chi connectivity index (χ2n) is 4.05. The van der Waals surface area contributed by atoms with Crippen molar-refractivity contribution in [2.75, 3.05) is 18.0 Å². The Labute approximate surface area is 93.9 Å². The Bertz CT molecular complexity index is 395. The van der Waals surface area contributed by atoms with E-state index < -0.39 is 5.97 Å². The molecule has 0 aromatic carbocycles. The van der Waals surface area contributed by atoms with Crippen LogP contribution >= 0.6 is 0 Å². The molecule has 1 aromatic rings. The highest BCUT2D eigenvalue weighted by Gasteiger charge is 2.21. The molecule has 0 bridgehead atoms. The normalized spacial score (nSPS) is 20.8. The first-order valence-corrected chi connectivity index (χ1v) is 5.36. The molecule has 1 atom stereocenters. The fraction of sp³-hybridized carbons (Fsp3) is 0.455. The molecule has 0 amide bonds. The van der Waals surface area contributed by atoms with Crippen LogP contribution in [0, 0.1) is 0 Å². The SMILES string of the molecule is NC1CCCN(c2cnccc2C(=O)O)C1. The molecule has 3 N–H and O–H groups in total. The molecule has 1 aromatic heterocycles. The summed E-state index contributed by atoms with van der Waals surface area (Å²) in [5.41, 5.74) is 6.85. The topological polar surface area (TPSA) is 79.5 Å². The number of piperidine rings is 1. The molecule has 1 fully saturated rings. The molecule has 0 saturated carbocycles. The summed E-state index contributed by atoms with van der Waals surface area (Å²) in [4.78, 5) is 17.0. The Kier molecular flexibility index (Phi) is 3.05. The van der Waals surface area contributed by atoms with Gasteiger partial charge in [-0.25, -0.2) is 4.79 Å². The van der Waals surface area contributed by atoms with E-state index in [1.807, 2.05) is 4.90 Å². The minimum Gasteiger partial charge on any atom is -0.478 e.